The first kappa shape index (κ1) is 49.5. The van der Waals surface area contributed by atoms with Crippen molar-refractivity contribution in [2.75, 3.05) is 0 Å². The van der Waals surface area contributed by atoms with Crippen LogP contribution in [0.2, 0.25) is 18.6 Å². The molecule has 3 aliphatic carbocycles. The van der Waals surface area contributed by atoms with Crippen LogP contribution in [-0.4, -0.2) is 23.9 Å². The van der Waals surface area contributed by atoms with Gasteiger partial charge in [0.2, 0.25) is 0 Å². The fraction of sp³-hybridized carbons (Fsp3) is 0.821. The van der Waals surface area contributed by atoms with Gasteiger partial charge < -0.3 is 4.57 Å². The average Bonchev–Trinajstić information content (AvgIpc) is 3.57. The Morgan fingerprint density at radius 1 is 0.517 bits per heavy atom. The molecule has 0 spiro atoms. The second kappa shape index (κ2) is 23.4. The molecule has 1 saturated carbocycles. The van der Waals surface area contributed by atoms with Gasteiger partial charge in [-0.05, 0) is 106 Å². The Balaban J connectivity index is 1.52. The zero-order valence-corrected chi connectivity index (χ0v) is 42.2. The normalized spacial score (nSPS) is 22.9. The molecule has 0 bridgehead atoms. The van der Waals surface area contributed by atoms with Crippen molar-refractivity contribution in [2.45, 2.75) is 271 Å². The molecule has 4 rings (SSSR count). The number of allylic oxidation sites excluding steroid dienone is 4. The second-order valence-corrected chi connectivity index (χ2v) is 27.2. The van der Waals surface area contributed by atoms with Crippen LogP contribution in [0.4, 0.5) is 0 Å². The van der Waals surface area contributed by atoms with Gasteiger partial charge in [-0.15, -0.1) is 0 Å². The van der Waals surface area contributed by atoms with Crippen LogP contribution in [0.25, 0.3) is 5.57 Å². The molecule has 58 heavy (non-hydrogen) atoms. The van der Waals surface area contributed by atoms with E-state index >= 15 is 0 Å². The van der Waals surface area contributed by atoms with E-state index < -0.39 is 8.24 Å². The summed E-state index contributed by atoms with van der Waals surface area (Å²) in [5.41, 5.74) is 7.95. The third-order valence-electron chi connectivity index (χ3n) is 15.8. The van der Waals surface area contributed by atoms with Crippen molar-refractivity contribution in [3.63, 3.8) is 0 Å². The maximum Gasteiger partial charge on any atom is 0.127 e. The van der Waals surface area contributed by atoms with Crippen LogP contribution in [0.15, 0.2) is 42.0 Å². The van der Waals surface area contributed by atoms with E-state index in [1.165, 1.54) is 167 Å². The Bertz CT molecular complexity index is 1340. The van der Waals surface area contributed by atoms with E-state index in [2.05, 4.69) is 123 Å². The summed E-state index contributed by atoms with van der Waals surface area (Å²) in [6.45, 7) is 30.3. The topological polar surface area (TPSA) is 3.24 Å². The van der Waals surface area contributed by atoms with Gasteiger partial charge in [0.25, 0.3) is 0 Å². The highest BCUT2D eigenvalue weighted by atomic mass is 28.3. The molecule has 0 heterocycles. The lowest BCUT2D eigenvalue weighted by Gasteiger charge is -2.57. The molecule has 332 valence electrons. The van der Waals surface area contributed by atoms with Crippen LogP contribution < -0.4 is 0 Å². The van der Waals surface area contributed by atoms with Crippen LogP contribution in [0, 0.1) is 23.7 Å². The lowest BCUT2D eigenvalue weighted by molar-refractivity contribution is 0.121. The van der Waals surface area contributed by atoms with Gasteiger partial charge in [0.15, 0.2) is 0 Å². The molecule has 1 aromatic rings. The van der Waals surface area contributed by atoms with Crippen LogP contribution >= 0.6 is 0 Å². The van der Waals surface area contributed by atoms with Crippen LogP contribution in [0.5, 0.6) is 0 Å². The van der Waals surface area contributed by atoms with Crippen molar-refractivity contribution >= 4 is 13.8 Å². The predicted octanol–water partition coefficient (Wildman–Crippen LogP) is 18.4. The van der Waals surface area contributed by atoms with Crippen LogP contribution in [0.3, 0.4) is 0 Å². The van der Waals surface area contributed by atoms with E-state index in [1.807, 2.05) is 0 Å². The van der Waals surface area contributed by atoms with Crippen LogP contribution in [0.1, 0.15) is 247 Å². The number of hydrogen-bond donors (Lipinski definition) is 0. The predicted molar refractivity (Wildman–Crippen MR) is 263 cm³/mol. The first-order valence-electron chi connectivity index (χ1n) is 26.0. The van der Waals surface area contributed by atoms with Gasteiger partial charge in [0, 0.05) is 16.5 Å². The lowest BCUT2D eigenvalue weighted by atomic mass is 9.67. The van der Waals surface area contributed by atoms with Gasteiger partial charge in [0.1, 0.15) is 8.24 Å². The Morgan fingerprint density at radius 2 is 0.914 bits per heavy atom. The lowest BCUT2D eigenvalue weighted by Crippen LogP contribution is -2.67. The monoisotopic (exact) mass is 814 g/mol. The van der Waals surface area contributed by atoms with Crippen molar-refractivity contribution in [3.8, 4) is 0 Å². The summed E-state index contributed by atoms with van der Waals surface area (Å²) in [5.74, 6) is 2.74. The third-order valence-corrected chi connectivity index (χ3v) is 20.8. The zero-order chi connectivity index (χ0) is 42.4. The molecule has 0 N–H and O–H groups in total. The molecule has 3 aliphatic rings. The molecule has 0 aliphatic heterocycles. The molecule has 0 saturated heterocycles. The Morgan fingerprint density at radius 3 is 1.33 bits per heavy atom. The van der Waals surface area contributed by atoms with Gasteiger partial charge in [-0.2, -0.15) is 0 Å². The summed E-state index contributed by atoms with van der Waals surface area (Å²) >= 11 is 0. The highest BCUT2D eigenvalue weighted by Crippen LogP contribution is 2.64. The van der Waals surface area contributed by atoms with E-state index in [0.29, 0.717) is 17.8 Å². The van der Waals surface area contributed by atoms with Crippen molar-refractivity contribution < 1.29 is 0 Å². The molecular formula is C56H99NSi. The average molecular weight is 815 g/mol. The molecule has 2 heteroatoms. The molecule has 1 nitrogen and oxygen atoms in total. The minimum atomic E-state index is -1.90. The smallest absolute Gasteiger partial charge is 0.127 e. The second-order valence-electron chi connectivity index (χ2n) is 22.8. The van der Waals surface area contributed by atoms with E-state index in [0.717, 1.165) is 11.5 Å². The minimum absolute atomic E-state index is 0.148. The summed E-state index contributed by atoms with van der Waals surface area (Å²) in [5, 5.41) is 0. The van der Waals surface area contributed by atoms with Gasteiger partial charge >= 0.3 is 0 Å². The number of hydrogen-bond acceptors (Lipinski definition) is 1. The Hall–Kier alpha value is -1.12. The van der Waals surface area contributed by atoms with Gasteiger partial charge in [-0.25, -0.2) is 0 Å². The largest absolute Gasteiger partial charge is 0.314 e. The number of rotatable bonds is 28. The van der Waals surface area contributed by atoms with E-state index in [-0.39, 0.29) is 16.5 Å². The molecular weight excluding hydrogens is 715 g/mol. The molecule has 5 atom stereocenters. The number of fused-ring (bicyclic) bond motifs is 4. The quantitative estimate of drug-likeness (QED) is 0.0602. The van der Waals surface area contributed by atoms with Gasteiger partial charge in [-0.3, -0.25) is 0 Å². The minimum Gasteiger partial charge on any atom is -0.314 e. The first-order valence-corrected chi connectivity index (χ1v) is 29.0. The summed E-state index contributed by atoms with van der Waals surface area (Å²) in [4.78, 5) is 0. The third kappa shape index (κ3) is 12.7. The first-order chi connectivity index (χ1) is 27.6. The number of nitrogens with zero attached hydrogens (tertiary/aromatic N) is 1. The Labute approximate surface area is 365 Å². The summed E-state index contributed by atoms with van der Waals surface area (Å²) in [6, 6.07) is 9.84. The number of unbranched alkanes of at least 4 members (excludes halogenated alkanes) is 22. The fourth-order valence-corrected chi connectivity index (χ4v) is 20.4. The molecule has 5 unspecified atom stereocenters. The maximum absolute atomic E-state index is 3.02. The highest BCUT2D eigenvalue weighted by molar-refractivity contribution is 6.76. The van der Waals surface area contributed by atoms with Crippen molar-refractivity contribution in [1.82, 2.24) is 4.57 Å². The highest BCUT2D eigenvalue weighted by Gasteiger charge is 2.59. The molecule has 1 fully saturated rings. The van der Waals surface area contributed by atoms with Crippen molar-refractivity contribution in [2.24, 2.45) is 23.7 Å². The van der Waals surface area contributed by atoms with Gasteiger partial charge in [-0.1, -0.05) is 231 Å². The number of benzene rings is 1. The van der Waals surface area contributed by atoms with Crippen molar-refractivity contribution in [1.29, 1.82) is 0 Å². The molecule has 1 aromatic carbocycles. The van der Waals surface area contributed by atoms with Gasteiger partial charge in [0.05, 0.1) is 0 Å². The SMILES string of the molecule is CCCCCCCCCCCCCCC1(CCCCCCCCCCCCCC)C2=CC3C(C)C(C)C([Si](C)(C)N(C(C)(C)C)C(C)(C)C)C3C=C2c2ccccc21. The summed E-state index contributed by atoms with van der Waals surface area (Å²) < 4.78 is 3.02. The molecule has 0 amide bonds. The van der Waals surface area contributed by atoms with E-state index in [9.17, 15) is 0 Å². The summed E-state index contributed by atoms with van der Waals surface area (Å²) in [7, 11) is -1.90. The van der Waals surface area contributed by atoms with E-state index in [4.69, 9.17) is 0 Å². The standard InChI is InChI=1S/C56H99NSi/c1-13-15-17-19-21-23-25-27-29-31-33-37-41-56(42-38-34-32-30-28-26-24-22-20-18-16-14-2)51-40-36-35-39-47(51)49-43-50-48(44-52(49)56)45(3)46(4)53(50)58(11,12)57(54(5,6)7)55(8,9)10/h35-36,39-40,43-46,48,50,53H,13-34,37-38,41-42H2,1-12H3. The fourth-order valence-electron chi connectivity index (χ4n) is 13.8. The maximum atomic E-state index is 3.02. The molecule has 0 radical (unpaired) electrons. The molecule has 0 aromatic heterocycles. The van der Waals surface area contributed by atoms with Crippen molar-refractivity contribution in [3.05, 3.63) is 53.1 Å². The zero-order valence-electron chi connectivity index (χ0n) is 41.2. The Kier molecular flexibility index (Phi) is 19.9. The van der Waals surface area contributed by atoms with E-state index in [1.54, 1.807) is 22.3 Å². The van der Waals surface area contributed by atoms with Crippen LogP contribution in [-0.2, 0) is 5.41 Å². The summed E-state index contributed by atoms with van der Waals surface area (Å²) in [6.07, 6.45) is 42.8.